The topological polar surface area (TPSA) is 114 Å². The Morgan fingerprint density at radius 2 is 1.84 bits per heavy atom. The van der Waals surface area contributed by atoms with Gasteiger partial charge in [-0.05, 0) is 43.7 Å². The molecule has 1 heterocycles. The van der Waals surface area contributed by atoms with Gasteiger partial charge in [-0.2, -0.15) is 4.31 Å². The van der Waals surface area contributed by atoms with Gasteiger partial charge in [-0.15, -0.1) is 5.10 Å². The monoisotopic (exact) mass is 457 g/mol. The highest BCUT2D eigenvalue weighted by molar-refractivity contribution is 7.89. The lowest BCUT2D eigenvalue weighted by Crippen LogP contribution is -2.30. The van der Waals surface area contributed by atoms with Crippen molar-refractivity contribution in [3.8, 4) is 0 Å². The molecule has 0 bridgehead atoms. The van der Waals surface area contributed by atoms with Gasteiger partial charge in [-0.25, -0.2) is 13.1 Å². The number of carbonyl (C=O) groups excluding carboxylic acids is 2. The van der Waals surface area contributed by atoms with E-state index in [-0.39, 0.29) is 23.0 Å². The first kappa shape index (κ1) is 23.6. The molecule has 0 radical (unpaired) electrons. The van der Waals surface area contributed by atoms with E-state index in [2.05, 4.69) is 15.6 Å². The predicted molar refractivity (Wildman–Crippen MR) is 122 cm³/mol. The molecule has 0 saturated carbocycles. The van der Waals surface area contributed by atoms with E-state index in [0.29, 0.717) is 48.3 Å². The Labute approximate surface area is 187 Å². The Bertz CT molecular complexity index is 1230. The summed E-state index contributed by atoms with van der Waals surface area (Å²) in [5, 5.41) is 11.0. The third-order valence-corrected chi connectivity index (χ3v) is 7.20. The molecule has 170 valence electrons. The van der Waals surface area contributed by atoms with Crippen molar-refractivity contribution in [2.45, 2.75) is 45.1 Å². The van der Waals surface area contributed by atoms with Crippen molar-refractivity contribution in [1.82, 2.24) is 19.3 Å². The molecule has 0 aliphatic heterocycles. The van der Waals surface area contributed by atoms with Crippen LogP contribution >= 0.6 is 0 Å². The predicted octanol–water partition coefficient (Wildman–Crippen LogP) is 3.08. The average Bonchev–Trinajstić information content (AvgIpc) is 3.17. The fraction of sp³-hybridized carbons (Fsp3) is 0.364. The van der Waals surface area contributed by atoms with Gasteiger partial charge >= 0.3 is 0 Å². The van der Waals surface area contributed by atoms with Crippen LogP contribution in [0, 0.1) is 0 Å². The third kappa shape index (κ3) is 5.20. The molecule has 0 atom stereocenters. The molecular formula is C22H27N5O4S. The molecule has 0 fully saturated rings. The van der Waals surface area contributed by atoms with Crippen molar-refractivity contribution >= 4 is 38.4 Å². The zero-order chi connectivity index (χ0) is 23.3. The lowest BCUT2D eigenvalue weighted by atomic mass is 10.1. The number of hydrogen-bond donors (Lipinski definition) is 1. The molecule has 32 heavy (non-hydrogen) atoms. The van der Waals surface area contributed by atoms with Gasteiger partial charge in [-0.3, -0.25) is 9.59 Å². The summed E-state index contributed by atoms with van der Waals surface area (Å²) in [6, 6.07) is 11.6. The number of sulfonamides is 1. The van der Waals surface area contributed by atoms with Crippen molar-refractivity contribution < 1.29 is 18.0 Å². The molecule has 3 aromatic rings. The van der Waals surface area contributed by atoms with Crippen LogP contribution in [0.4, 0.5) is 5.69 Å². The van der Waals surface area contributed by atoms with E-state index in [1.54, 1.807) is 54.9 Å². The smallest absolute Gasteiger partial charge is 0.243 e. The van der Waals surface area contributed by atoms with Gasteiger partial charge in [0, 0.05) is 37.3 Å². The molecular weight excluding hydrogens is 430 g/mol. The summed E-state index contributed by atoms with van der Waals surface area (Å²) in [7, 11) is -3.57. The number of aromatic nitrogens is 3. The second-order valence-corrected chi connectivity index (χ2v) is 9.28. The van der Waals surface area contributed by atoms with Crippen LogP contribution in [0.5, 0.6) is 0 Å². The standard InChI is InChI=1S/C22H27N5O4S/c1-4-26(5-2)32(30,31)19-11-12-21-20(15-19)24-25-27(21)13-7-10-22(29)23-18-9-6-8-17(14-18)16(3)28/h6,8-9,11-12,14-15H,4-5,7,10,13H2,1-3H3,(H,23,29). The third-order valence-electron chi connectivity index (χ3n) is 5.16. The quantitative estimate of drug-likeness (QED) is 0.468. The van der Waals surface area contributed by atoms with E-state index in [0.717, 1.165) is 0 Å². The van der Waals surface area contributed by atoms with E-state index in [4.69, 9.17) is 0 Å². The Balaban J connectivity index is 1.63. The molecule has 2 aromatic carbocycles. The molecule has 0 spiro atoms. The number of anilines is 1. The number of nitrogens with zero attached hydrogens (tertiary/aromatic N) is 4. The number of nitrogens with one attached hydrogen (secondary N) is 1. The van der Waals surface area contributed by atoms with Gasteiger partial charge in [0.15, 0.2) is 5.78 Å². The number of aryl methyl sites for hydroxylation is 1. The van der Waals surface area contributed by atoms with Crippen LogP contribution in [-0.4, -0.2) is 52.5 Å². The van der Waals surface area contributed by atoms with Crippen molar-refractivity contribution in [2.24, 2.45) is 0 Å². The number of ketones is 1. The zero-order valence-electron chi connectivity index (χ0n) is 18.4. The molecule has 3 rings (SSSR count). The number of amides is 1. The van der Waals surface area contributed by atoms with Gasteiger partial charge in [-0.1, -0.05) is 31.2 Å². The maximum absolute atomic E-state index is 12.7. The summed E-state index contributed by atoms with van der Waals surface area (Å²) in [5.41, 5.74) is 2.32. The van der Waals surface area contributed by atoms with Crippen molar-refractivity contribution in [3.05, 3.63) is 48.0 Å². The normalized spacial score (nSPS) is 11.8. The molecule has 1 N–H and O–H groups in total. The summed E-state index contributed by atoms with van der Waals surface area (Å²) in [6.07, 6.45) is 0.788. The maximum atomic E-state index is 12.7. The minimum Gasteiger partial charge on any atom is -0.326 e. The highest BCUT2D eigenvalue weighted by atomic mass is 32.2. The fourth-order valence-electron chi connectivity index (χ4n) is 3.42. The van der Waals surface area contributed by atoms with Gasteiger partial charge in [0.2, 0.25) is 15.9 Å². The fourth-order valence-corrected chi connectivity index (χ4v) is 4.90. The summed E-state index contributed by atoms with van der Waals surface area (Å²) in [6.45, 7) is 6.32. The number of fused-ring (bicyclic) bond motifs is 1. The van der Waals surface area contributed by atoms with Crippen LogP contribution in [0.1, 0.15) is 44.0 Å². The van der Waals surface area contributed by atoms with E-state index in [9.17, 15) is 18.0 Å². The summed E-state index contributed by atoms with van der Waals surface area (Å²) in [5.74, 6) is -0.227. The second kappa shape index (κ2) is 10.0. The number of rotatable bonds is 10. The van der Waals surface area contributed by atoms with Crippen molar-refractivity contribution in [2.75, 3.05) is 18.4 Å². The largest absolute Gasteiger partial charge is 0.326 e. The molecule has 1 amide bonds. The van der Waals surface area contributed by atoms with Crippen LogP contribution < -0.4 is 5.32 Å². The van der Waals surface area contributed by atoms with Gasteiger partial charge < -0.3 is 5.32 Å². The van der Waals surface area contributed by atoms with E-state index >= 15 is 0 Å². The number of Topliss-reactive ketones (excluding diaryl/α,β-unsaturated/α-hetero) is 1. The number of carbonyl (C=O) groups is 2. The van der Waals surface area contributed by atoms with Crippen LogP contribution in [-0.2, 0) is 21.4 Å². The minimum absolute atomic E-state index is 0.0628. The maximum Gasteiger partial charge on any atom is 0.243 e. The highest BCUT2D eigenvalue weighted by Crippen LogP contribution is 2.21. The van der Waals surface area contributed by atoms with E-state index < -0.39 is 10.0 Å². The zero-order valence-corrected chi connectivity index (χ0v) is 19.2. The second-order valence-electron chi connectivity index (χ2n) is 7.34. The molecule has 1 aromatic heterocycles. The first-order chi connectivity index (χ1) is 15.3. The number of benzene rings is 2. The Hall–Kier alpha value is -3.11. The minimum atomic E-state index is -3.57. The lowest BCUT2D eigenvalue weighted by Gasteiger charge is -2.18. The SMILES string of the molecule is CCN(CC)S(=O)(=O)c1ccc2c(c1)nnn2CCCC(=O)Nc1cccc(C(C)=O)c1. The van der Waals surface area contributed by atoms with Gasteiger partial charge in [0.25, 0.3) is 0 Å². The van der Waals surface area contributed by atoms with Gasteiger partial charge in [0.1, 0.15) is 5.52 Å². The van der Waals surface area contributed by atoms with E-state index in [1.165, 1.54) is 17.3 Å². The Kier molecular flexibility index (Phi) is 7.37. The van der Waals surface area contributed by atoms with Gasteiger partial charge in [0.05, 0.1) is 10.4 Å². The highest BCUT2D eigenvalue weighted by Gasteiger charge is 2.22. The van der Waals surface area contributed by atoms with E-state index in [1.807, 2.05) is 0 Å². The lowest BCUT2D eigenvalue weighted by molar-refractivity contribution is -0.116. The molecule has 0 aliphatic carbocycles. The first-order valence-electron chi connectivity index (χ1n) is 10.5. The van der Waals surface area contributed by atoms with Crippen LogP contribution in [0.2, 0.25) is 0 Å². The summed E-state index contributed by atoms with van der Waals surface area (Å²) >= 11 is 0. The molecule has 10 heteroatoms. The summed E-state index contributed by atoms with van der Waals surface area (Å²) in [4.78, 5) is 23.9. The Morgan fingerprint density at radius 3 is 2.53 bits per heavy atom. The van der Waals surface area contributed by atoms with Crippen LogP contribution in [0.15, 0.2) is 47.4 Å². The molecule has 0 unspecified atom stereocenters. The first-order valence-corrected chi connectivity index (χ1v) is 11.9. The number of hydrogen-bond acceptors (Lipinski definition) is 6. The van der Waals surface area contributed by atoms with Crippen molar-refractivity contribution in [3.63, 3.8) is 0 Å². The Morgan fingerprint density at radius 1 is 1.09 bits per heavy atom. The summed E-state index contributed by atoms with van der Waals surface area (Å²) < 4.78 is 28.5. The van der Waals surface area contributed by atoms with Crippen LogP contribution in [0.3, 0.4) is 0 Å². The van der Waals surface area contributed by atoms with Crippen LogP contribution in [0.25, 0.3) is 11.0 Å². The van der Waals surface area contributed by atoms with Crippen molar-refractivity contribution in [1.29, 1.82) is 0 Å². The average molecular weight is 458 g/mol. The molecule has 0 saturated heterocycles. The molecule has 0 aliphatic rings. The molecule has 9 nitrogen and oxygen atoms in total.